The summed E-state index contributed by atoms with van der Waals surface area (Å²) in [6.07, 6.45) is 2.33. The number of nitrogens with zero attached hydrogens (tertiary/aromatic N) is 3. The van der Waals surface area contributed by atoms with E-state index in [2.05, 4.69) is 84.2 Å². The number of likely N-dealkylation sites (N-methyl/N-ethyl adjacent to an activating group) is 1. The quantitative estimate of drug-likeness (QED) is 0.689. The van der Waals surface area contributed by atoms with E-state index in [4.69, 9.17) is 4.74 Å². The SMILES string of the molecule is COc1cccc(CN2C[C@@H](N(C)C)[C@H](c3cn(C)c4ccccc34)C2)c1. The van der Waals surface area contributed by atoms with Crippen molar-refractivity contribution in [3.05, 3.63) is 65.9 Å². The first-order valence-electron chi connectivity index (χ1n) is 9.62. The molecule has 0 aliphatic carbocycles. The molecule has 1 fully saturated rings. The van der Waals surface area contributed by atoms with E-state index in [-0.39, 0.29) is 0 Å². The lowest BCUT2D eigenvalue weighted by Gasteiger charge is -2.25. The van der Waals surface area contributed by atoms with E-state index < -0.39 is 0 Å². The Balaban J connectivity index is 1.62. The molecular weight excluding hydrogens is 334 g/mol. The van der Waals surface area contributed by atoms with Crippen molar-refractivity contribution >= 4 is 10.9 Å². The highest BCUT2D eigenvalue weighted by molar-refractivity contribution is 5.84. The lowest BCUT2D eigenvalue weighted by atomic mass is 9.93. The Morgan fingerprint density at radius 2 is 1.89 bits per heavy atom. The Kier molecular flexibility index (Phi) is 4.94. The van der Waals surface area contributed by atoms with E-state index in [1.54, 1.807) is 7.11 Å². The first-order chi connectivity index (χ1) is 13.1. The standard InChI is InChI=1S/C23H29N3O/c1-24(2)23-16-26(13-17-8-7-9-18(12-17)27-4)15-21(23)20-14-25(3)22-11-6-5-10-19(20)22/h5-12,14,21,23H,13,15-16H2,1-4H3/t21-,23+/m0/s1. The topological polar surface area (TPSA) is 20.6 Å². The van der Waals surface area contributed by atoms with Gasteiger partial charge in [0, 0.05) is 55.7 Å². The van der Waals surface area contributed by atoms with Gasteiger partial charge in [-0.3, -0.25) is 4.90 Å². The highest BCUT2D eigenvalue weighted by atomic mass is 16.5. The van der Waals surface area contributed by atoms with Gasteiger partial charge in [0.15, 0.2) is 0 Å². The van der Waals surface area contributed by atoms with Crippen LogP contribution in [-0.4, -0.2) is 54.7 Å². The van der Waals surface area contributed by atoms with Gasteiger partial charge in [0.2, 0.25) is 0 Å². The Morgan fingerprint density at radius 3 is 2.67 bits per heavy atom. The molecule has 0 amide bonds. The number of aromatic nitrogens is 1. The smallest absolute Gasteiger partial charge is 0.119 e. The fraction of sp³-hybridized carbons (Fsp3) is 0.391. The molecule has 142 valence electrons. The molecule has 27 heavy (non-hydrogen) atoms. The minimum Gasteiger partial charge on any atom is -0.497 e. The van der Waals surface area contributed by atoms with Crippen LogP contribution in [0, 0.1) is 0 Å². The Labute approximate surface area is 162 Å². The van der Waals surface area contributed by atoms with Crippen molar-refractivity contribution in [2.45, 2.75) is 18.5 Å². The van der Waals surface area contributed by atoms with Crippen LogP contribution in [0.5, 0.6) is 5.75 Å². The van der Waals surface area contributed by atoms with Gasteiger partial charge < -0.3 is 14.2 Å². The monoisotopic (exact) mass is 363 g/mol. The molecule has 1 aliphatic heterocycles. The predicted molar refractivity (Wildman–Crippen MR) is 111 cm³/mol. The van der Waals surface area contributed by atoms with Gasteiger partial charge in [-0.05, 0) is 43.4 Å². The van der Waals surface area contributed by atoms with Gasteiger partial charge in [-0.1, -0.05) is 30.3 Å². The number of hydrogen-bond acceptors (Lipinski definition) is 3. The second kappa shape index (κ2) is 7.37. The largest absolute Gasteiger partial charge is 0.497 e. The van der Waals surface area contributed by atoms with E-state index in [1.807, 2.05) is 6.07 Å². The summed E-state index contributed by atoms with van der Waals surface area (Å²) in [6, 6.07) is 17.7. The number of ether oxygens (including phenoxy) is 1. The molecule has 2 atom stereocenters. The van der Waals surface area contributed by atoms with Crippen molar-refractivity contribution in [3.8, 4) is 5.75 Å². The van der Waals surface area contributed by atoms with Crippen molar-refractivity contribution in [1.29, 1.82) is 0 Å². The number of hydrogen-bond donors (Lipinski definition) is 0. The number of benzene rings is 2. The molecule has 1 saturated heterocycles. The number of fused-ring (bicyclic) bond motifs is 1. The molecule has 4 heteroatoms. The summed E-state index contributed by atoms with van der Waals surface area (Å²) < 4.78 is 7.66. The van der Waals surface area contributed by atoms with Crippen molar-refractivity contribution in [2.75, 3.05) is 34.3 Å². The summed E-state index contributed by atoms with van der Waals surface area (Å²) in [5.41, 5.74) is 4.10. The molecule has 1 aromatic heterocycles. The number of methoxy groups -OCH3 is 1. The summed E-state index contributed by atoms with van der Waals surface area (Å²) in [7, 11) is 8.29. The lowest BCUT2D eigenvalue weighted by Crippen LogP contribution is -2.34. The van der Waals surface area contributed by atoms with Gasteiger partial charge in [-0.25, -0.2) is 0 Å². The van der Waals surface area contributed by atoms with E-state index in [0.29, 0.717) is 12.0 Å². The number of rotatable bonds is 5. The molecule has 2 aromatic carbocycles. The fourth-order valence-corrected chi connectivity index (χ4v) is 4.52. The van der Waals surface area contributed by atoms with Gasteiger partial charge >= 0.3 is 0 Å². The zero-order valence-corrected chi connectivity index (χ0v) is 16.7. The molecule has 4 nitrogen and oxygen atoms in total. The summed E-state index contributed by atoms with van der Waals surface area (Å²) >= 11 is 0. The van der Waals surface area contributed by atoms with Gasteiger partial charge in [-0.15, -0.1) is 0 Å². The molecular formula is C23H29N3O. The molecule has 0 N–H and O–H groups in total. The third-order valence-corrected chi connectivity index (χ3v) is 5.90. The number of para-hydroxylation sites is 1. The molecule has 3 aromatic rings. The van der Waals surface area contributed by atoms with Crippen LogP contribution in [0.25, 0.3) is 10.9 Å². The third kappa shape index (κ3) is 3.47. The van der Waals surface area contributed by atoms with E-state index in [1.165, 1.54) is 22.0 Å². The van der Waals surface area contributed by atoms with Crippen LogP contribution in [0.4, 0.5) is 0 Å². The van der Waals surface area contributed by atoms with Crippen molar-refractivity contribution < 1.29 is 4.74 Å². The summed E-state index contributed by atoms with van der Waals surface area (Å²) in [5, 5.41) is 1.39. The second-order valence-corrected chi connectivity index (χ2v) is 7.90. The Bertz CT molecular complexity index is 930. The van der Waals surface area contributed by atoms with Gasteiger partial charge in [0.1, 0.15) is 5.75 Å². The van der Waals surface area contributed by atoms with Crippen LogP contribution >= 0.6 is 0 Å². The van der Waals surface area contributed by atoms with Crippen molar-refractivity contribution in [3.63, 3.8) is 0 Å². The van der Waals surface area contributed by atoms with Crippen molar-refractivity contribution in [2.24, 2.45) is 7.05 Å². The first-order valence-corrected chi connectivity index (χ1v) is 9.62. The minimum atomic E-state index is 0.511. The second-order valence-electron chi connectivity index (χ2n) is 7.90. The number of aryl methyl sites for hydroxylation is 1. The number of likely N-dealkylation sites (tertiary alicyclic amines) is 1. The Hall–Kier alpha value is -2.30. The minimum absolute atomic E-state index is 0.511. The molecule has 0 spiro atoms. The van der Waals surface area contributed by atoms with Crippen LogP contribution in [0.3, 0.4) is 0 Å². The van der Waals surface area contributed by atoms with Crippen LogP contribution in [0.15, 0.2) is 54.7 Å². The van der Waals surface area contributed by atoms with Gasteiger partial charge in [0.25, 0.3) is 0 Å². The average molecular weight is 364 g/mol. The maximum atomic E-state index is 5.39. The van der Waals surface area contributed by atoms with Crippen LogP contribution in [-0.2, 0) is 13.6 Å². The van der Waals surface area contributed by atoms with Crippen molar-refractivity contribution in [1.82, 2.24) is 14.4 Å². The normalized spacial score (nSPS) is 20.6. The molecule has 0 saturated carbocycles. The van der Waals surface area contributed by atoms with Crippen LogP contribution in [0.2, 0.25) is 0 Å². The zero-order valence-electron chi connectivity index (χ0n) is 16.7. The molecule has 4 rings (SSSR count). The first kappa shape index (κ1) is 18.1. The highest BCUT2D eigenvalue weighted by Gasteiger charge is 2.36. The van der Waals surface area contributed by atoms with E-state index in [0.717, 1.165) is 25.4 Å². The van der Waals surface area contributed by atoms with Gasteiger partial charge in [-0.2, -0.15) is 0 Å². The maximum Gasteiger partial charge on any atom is 0.119 e. The van der Waals surface area contributed by atoms with Gasteiger partial charge in [0.05, 0.1) is 7.11 Å². The average Bonchev–Trinajstić information content (AvgIpc) is 3.23. The summed E-state index contributed by atoms with van der Waals surface area (Å²) in [5.74, 6) is 1.44. The predicted octanol–water partition coefficient (Wildman–Crippen LogP) is 3.72. The lowest BCUT2D eigenvalue weighted by molar-refractivity contribution is 0.259. The molecule has 0 unspecified atom stereocenters. The van der Waals surface area contributed by atoms with Crippen LogP contribution in [0.1, 0.15) is 17.0 Å². The molecule has 2 heterocycles. The maximum absolute atomic E-state index is 5.39. The third-order valence-electron chi connectivity index (χ3n) is 5.90. The summed E-state index contributed by atoms with van der Waals surface area (Å²) in [6.45, 7) is 3.12. The Morgan fingerprint density at radius 1 is 1.07 bits per heavy atom. The van der Waals surface area contributed by atoms with E-state index >= 15 is 0 Å². The summed E-state index contributed by atoms with van der Waals surface area (Å²) in [4.78, 5) is 4.96. The highest BCUT2D eigenvalue weighted by Crippen LogP contribution is 2.36. The zero-order chi connectivity index (χ0) is 19.0. The van der Waals surface area contributed by atoms with E-state index in [9.17, 15) is 0 Å². The fourth-order valence-electron chi connectivity index (χ4n) is 4.52. The molecule has 0 bridgehead atoms. The molecule has 1 aliphatic rings. The molecule has 0 radical (unpaired) electrons. The van der Waals surface area contributed by atoms with Crippen LogP contribution < -0.4 is 4.74 Å².